The molecule has 1 aromatic rings. The van der Waals surface area contributed by atoms with Crippen LogP contribution < -0.4 is 5.73 Å². The molecule has 1 amide bonds. The van der Waals surface area contributed by atoms with Crippen LogP contribution in [0.5, 0.6) is 0 Å². The molecule has 0 aliphatic heterocycles. The summed E-state index contributed by atoms with van der Waals surface area (Å²) in [4.78, 5) is 16.1. The first-order valence-corrected chi connectivity index (χ1v) is 8.96. The molecule has 0 bridgehead atoms. The number of nitrogens with zero attached hydrogens (tertiary/aromatic N) is 1. The molecule has 126 valence electrons. The van der Waals surface area contributed by atoms with Crippen LogP contribution in [-0.4, -0.2) is 23.4 Å². The predicted octanol–water partition coefficient (Wildman–Crippen LogP) is 4.21. The van der Waals surface area contributed by atoms with Gasteiger partial charge in [-0.05, 0) is 50.1 Å². The first-order chi connectivity index (χ1) is 10.1. The van der Waals surface area contributed by atoms with Crippen LogP contribution in [-0.2, 0) is 11.3 Å². The molecule has 3 nitrogen and oxygen atoms in total. The van der Waals surface area contributed by atoms with Crippen molar-refractivity contribution < 1.29 is 4.79 Å². The zero-order valence-electron chi connectivity index (χ0n) is 13.7. The Hall–Kier alpha value is -0.580. The van der Waals surface area contributed by atoms with Gasteiger partial charge in [0, 0.05) is 17.3 Å². The van der Waals surface area contributed by atoms with Crippen LogP contribution in [0.1, 0.15) is 57.2 Å². The van der Waals surface area contributed by atoms with Gasteiger partial charge in [0.25, 0.3) is 0 Å². The highest BCUT2D eigenvalue weighted by atomic mass is 35.5. The highest BCUT2D eigenvalue weighted by Crippen LogP contribution is 2.39. The standard InChI is InChI=1S/C17H28N2OS.ClH/c1-14(2)19(12-15-7-6-10-21-15)16(20)11-17(13-18)8-4-3-5-9-17;/h6-7,10,14H,3-5,8-9,11-13,18H2,1-2H3;1H. The minimum Gasteiger partial charge on any atom is -0.335 e. The molecule has 0 unspecified atom stereocenters. The number of carbonyl (C=O) groups is 1. The zero-order chi connectivity index (χ0) is 15.3. The summed E-state index contributed by atoms with van der Waals surface area (Å²) in [6.07, 6.45) is 6.57. The van der Waals surface area contributed by atoms with Crippen LogP contribution in [0.3, 0.4) is 0 Å². The Bertz CT molecular complexity index is 442. The number of hydrogen-bond donors (Lipinski definition) is 1. The third kappa shape index (κ3) is 4.97. The van der Waals surface area contributed by atoms with Gasteiger partial charge in [-0.2, -0.15) is 0 Å². The SMILES string of the molecule is CC(C)N(Cc1cccs1)C(=O)CC1(CN)CCCCC1.Cl. The third-order valence-corrected chi connectivity index (χ3v) is 5.58. The summed E-state index contributed by atoms with van der Waals surface area (Å²) in [5.74, 6) is 0.269. The lowest BCUT2D eigenvalue weighted by atomic mass is 9.71. The van der Waals surface area contributed by atoms with E-state index < -0.39 is 0 Å². The van der Waals surface area contributed by atoms with E-state index in [9.17, 15) is 4.79 Å². The van der Waals surface area contributed by atoms with Gasteiger partial charge in [-0.3, -0.25) is 4.79 Å². The molecular weight excluding hydrogens is 316 g/mol. The van der Waals surface area contributed by atoms with Crippen molar-refractivity contribution in [2.24, 2.45) is 11.1 Å². The molecule has 2 N–H and O–H groups in total. The first kappa shape index (κ1) is 19.5. The molecule has 0 atom stereocenters. The van der Waals surface area contributed by atoms with Crippen LogP contribution in [0.15, 0.2) is 17.5 Å². The average Bonchev–Trinajstić information content (AvgIpc) is 2.98. The Labute approximate surface area is 144 Å². The number of carbonyl (C=O) groups excluding carboxylic acids is 1. The summed E-state index contributed by atoms with van der Waals surface area (Å²) < 4.78 is 0. The van der Waals surface area contributed by atoms with E-state index in [1.54, 1.807) is 11.3 Å². The maximum absolute atomic E-state index is 12.8. The van der Waals surface area contributed by atoms with Crippen molar-refractivity contribution in [3.05, 3.63) is 22.4 Å². The topological polar surface area (TPSA) is 46.3 Å². The predicted molar refractivity (Wildman–Crippen MR) is 96.4 cm³/mol. The van der Waals surface area contributed by atoms with Gasteiger partial charge in [0.15, 0.2) is 0 Å². The van der Waals surface area contributed by atoms with Gasteiger partial charge in [-0.1, -0.05) is 25.3 Å². The quantitative estimate of drug-likeness (QED) is 0.840. The average molecular weight is 345 g/mol. The number of halogens is 1. The first-order valence-electron chi connectivity index (χ1n) is 8.08. The van der Waals surface area contributed by atoms with Gasteiger partial charge in [0.2, 0.25) is 5.91 Å². The van der Waals surface area contributed by atoms with Crippen molar-refractivity contribution in [1.29, 1.82) is 0 Å². The Morgan fingerprint density at radius 2 is 2.05 bits per heavy atom. The largest absolute Gasteiger partial charge is 0.335 e. The van der Waals surface area contributed by atoms with Crippen molar-refractivity contribution in [3.63, 3.8) is 0 Å². The lowest BCUT2D eigenvalue weighted by Crippen LogP contribution is -2.42. The molecule has 1 aliphatic rings. The Morgan fingerprint density at radius 1 is 1.36 bits per heavy atom. The van der Waals surface area contributed by atoms with Crippen molar-refractivity contribution in [2.45, 2.75) is 65.0 Å². The van der Waals surface area contributed by atoms with Gasteiger partial charge in [-0.15, -0.1) is 23.7 Å². The lowest BCUT2D eigenvalue weighted by molar-refractivity contribution is -0.136. The van der Waals surface area contributed by atoms with E-state index in [2.05, 4.69) is 25.3 Å². The second-order valence-electron chi connectivity index (χ2n) is 6.64. The fraction of sp³-hybridized carbons (Fsp3) is 0.706. The fourth-order valence-corrected chi connectivity index (χ4v) is 4.01. The fourth-order valence-electron chi connectivity index (χ4n) is 3.31. The maximum atomic E-state index is 12.8. The normalized spacial score (nSPS) is 17.1. The van der Waals surface area contributed by atoms with E-state index in [1.807, 2.05) is 11.0 Å². The van der Waals surface area contributed by atoms with E-state index in [-0.39, 0.29) is 29.8 Å². The van der Waals surface area contributed by atoms with E-state index in [4.69, 9.17) is 5.73 Å². The second kappa shape index (κ2) is 8.90. The number of amides is 1. The van der Waals surface area contributed by atoms with Gasteiger partial charge < -0.3 is 10.6 Å². The smallest absolute Gasteiger partial charge is 0.223 e. The van der Waals surface area contributed by atoms with Crippen molar-refractivity contribution in [3.8, 4) is 0 Å². The van der Waals surface area contributed by atoms with Gasteiger partial charge in [0.1, 0.15) is 0 Å². The minimum atomic E-state index is 0. The molecule has 1 saturated carbocycles. The Balaban J connectivity index is 0.00000242. The maximum Gasteiger partial charge on any atom is 0.223 e. The summed E-state index contributed by atoms with van der Waals surface area (Å²) >= 11 is 1.72. The van der Waals surface area contributed by atoms with Crippen LogP contribution >= 0.6 is 23.7 Å². The molecule has 0 radical (unpaired) electrons. The zero-order valence-corrected chi connectivity index (χ0v) is 15.3. The molecule has 0 aromatic carbocycles. The van der Waals surface area contributed by atoms with Gasteiger partial charge >= 0.3 is 0 Å². The van der Waals surface area contributed by atoms with Crippen LogP contribution in [0.25, 0.3) is 0 Å². The van der Waals surface area contributed by atoms with E-state index in [0.29, 0.717) is 13.0 Å². The monoisotopic (exact) mass is 344 g/mol. The Morgan fingerprint density at radius 3 is 2.55 bits per heavy atom. The second-order valence-corrected chi connectivity index (χ2v) is 7.67. The van der Waals surface area contributed by atoms with Crippen molar-refractivity contribution in [2.75, 3.05) is 6.54 Å². The molecule has 1 fully saturated rings. The molecule has 22 heavy (non-hydrogen) atoms. The van der Waals surface area contributed by atoms with E-state index >= 15 is 0 Å². The van der Waals surface area contributed by atoms with Crippen LogP contribution in [0.4, 0.5) is 0 Å². The summed E-state index contributed by atoms with van der Waals surface area (Å²) in [6, 6.07) is 4.39. The molecule has 1 aromatic heterocycles. The lowest BCUT2D eigenvalue weighted by Gasteiger charge is -2.38. The van der Waals surface area contributed by atoms with Crippen LogP contribution in [0, 0.1) is 5.41 Å². The molecule has 1 aliphatic carbocycles. The van der Waals surface area contributed by atoms with Crippen molar-refractivity contribution in [1.82, 2.24) is 4.90 Å². The highest BCUT2D eigenvalue weighted by molar-refractivity contribution is 7.09. The molecule has 5 heteroatoms. The summed E-state index contributed by atoms with van der Waals surface area (Å²) in [5, 5.41) is 2.07. The van der Waals surface area contributed by atoms with Crippen molar-refractivity contribution >= 4 is 29.7 Å². The minimum absolute atomic E-state index is 0. The summed E-state index contributed by atoms with van der Waals surface area (Å²) in [6.45, 7) is 5.57. The van der Waals surface area contributed by atoms with E-state index in [1.165, 1.54) is 24.1 Å². The number of thiophene rings is 1. The molecule has 2 rings (SSSR count). The highest BCUT2D eigenvalue weighted by Gasteiger charge is 2.34. The summed E-state index contributed by atoms with van der Waals surface area (Å²) in [7, 11) is 0. The number of hydrogen-bond acceptors (Lipinski definition) is 3. The van der Waals surface area contributed by atoms with E-state index in [0.717, 1.165) is 19.4 Å². The van der Waals surface area contributed by atoms with Crippen LogP contribution in [0.2, 0.25) is 0 Å². The third-order valence-electron chi connectivity index (χ3n) is 4.72. The molecule has 1 heterocycles. The summed E-state index contributed by atoms with van der Waals surface area (Å²) in [5.41, 5.74) is 6.08. The van der Waals surface area contributed by atoms with Gasteiger partial charge in [0.05, 0.1) is 6.54 Å². The molecular formula is C17H29ClN2OS. The Kier molecular flexibility index (Phi) is 7.87. The number of rotatable bonds is 6. The molecule has 0 saturated heterocycles. The molecule has 0 spiro atoms. The van der Waals surface area contributed by atoms with Gasteiger partial charge in [-0.25, -0.2) is 0 Å². The number of nitrogens with two attached hydrogens (primary N) is 1.